The molecule has 1 aliphatic heterocycles. The Hall–Kier alpha value is -3.03. The van der Waals surface area contributed by atoms with Crippen LogP contribution in [0.5, 0.6) is 0 Å². The fraction of sp³-hybridized carbons (Fsp3) is 0.273. The van der Waals surface area contributed by atoms with Gasteiger partial charge in [-0.15, -0.1) is 0 Å². The average molecular weight is 423 g/mol. The first kappa shape index (κ1) is 19.0. The summed E-state index contributed by atoms with van der Waals surface area (Å²) in [6, 6.07) is 11.9. The number of H-pyrrole nitrogens is 2. The molecule has 2 aromatic heterocycles. The molecular formula is C22H23ClN6O. The first-order chi connectivity index (χ1) is 14.4. The van der Waals surface area contributed by atoms with E-state index in [1.165, 1.54) is 0 Å². The summed E-state index contributed by atoms with van der Waals surface area (Å²) in [5.41, 5.74) is 10.2. The van der Waals surface area contributed by atoms with Crippen LogP contribution >= 0.6 is 11.6 Å². The van der Waals surface area contributed by atoms with Gasteiger partial charge in [-0.3, -0.25) is 4.79 Å². The second-order valence-corrected chi connectivity index (χ2v) is 8.51. The summed E-state index contributed by atoms with van der Waals surface area (Å²) in [6.45, 7) is 2.02. The number of pyridine rings is 1. The molecule has 5 rings (SSSR count). The molecule has 1 aliphatic rings. The summed E-state index contributed by atoms with van der Waals surface area (Å²) in [6.07, 6.45) is 1.14. The molecule has 8 heteroatoms. The zero-order valence-corrected chi connectivity index (χ0v) is 17.6. The van der Waals surface area contributed by atoms with Crippen molar-refractivity contribution in [1.29, 1.82) is 0 Å². The SMILES string of the molecule is CN(C)[C@H]1CCN(c2ccc3nc(-c4c(N)c5cc(Cl)ccc5[nH]c4=O)[nH]c3c2)C1. The van der Waals surface area contributed by atoms with Crippen molar-refractivity contribution in [3.8, 4) is 11.4 Å². The first-order valence-corrected chi connectivity index (χ1v) is 10.3. The molecule has 0 radical (unpaired) electrons. The van der Waals surface area contributed by atoms with Gasteiger partial charge >= 0.3 is 0 Å². The van der Waals surface area contributed by atoms with Crippen molar-refractivity contribution in [2.75, 3.05) is 37.8 Å². The number of nitrogens with zero attached hydrogens (tertiary/aromatic N) is 3. The molecule has 0 spiro atoms. The normalized spacial score (nSPS) is 16.9. The number of aromatic nitrogens is 3. The number of rotatable bonds is 3. The lowest BCUT2D eigenvalue weighted by Gasteiger charge is -2.21. The molecule has 7 nitrogen and oxygen atoms in total. The molecule has 0 unspecified atom stereocenters. The van der Waals surface area contributed by atoms with Gasteiger partial charge in [-0.2, -0.15) is 0 Å². The van der Waals surface area contributed by atoms with E-state index in [9.17, 15) is 4.79 Å². The van der Waals surface area contributed by atoms with Crippen LogP contribution < -0.4 is 16.2 Å². The van der Waals surface area contributed by atoms with Gasteiger partial charge in [-0.05, 0) is 56.9 Å². The molecule has 0 saturated carbocycles. The maximum atomic E-state index is 12.8. The largest absolute Gasteiger partial charge is 0.397 e. The predicted octanol–water partition coefficient (Wildman–Crippen LogP) is 3.45. The number of anilines is 2. The molecule has 0 amide bonds. The summed E-state index contributed by atoms with van der Waals surface area (Å²) >= 11 is 6.12. The highest BCUT2D eigenvalue weighted by Gasteiger charge is 2.24. The monoisotopic (exact) mass is 422 g/mol. The van der Waals surface area contributed by atoms with Crippen molar-refractivity contribution in [1.82, 2.24) is 19.9 Å². The number of nitrogens with one attached hydrogen (secondary N) is 2. The quantitative estimate of drug-likeness (QED) is 0.470. The second-order valence-electron chi connectivity index (χ2n) is 8.07. The van der Waals surface area contributed by atoms with Crippen molar-refractivity contribution in [3.05, 3.63) is 51.8 Å². The van der Waals surface area contributed by atoms with Gasteiger partial charge in [0.25, 0.3) is 5.56 Å². The summed E-state index contributed by atoms with van der Waals surface area (Å²) in [7, 11) is 4.24. The molecule has 0 aliphatic carbocycles. The highest BCUT2D eigenvalue weighted by molar-refractivity contribution is 6.31. The highest BCUT2D eigenvalue weighted by atomic mass is 35.5. The smallest absolute Gasteiger partial charge is 0.261 e. The third kappa shape index (κ3) is 3.11. The van der Waals surface area contributed by atoms with Crippen LogP contribution in [0, 0.1) is 0 Å². The van der Waals surface area contributed by atoms with Crippen LogP contribution in [0.2, 0.25) is 5.02 Å². The number of imidazole rings is 1. The number of likely N-dealkylation sites (N-methyl/N-ethyl adjacent to an activating group) is 1. The Morgan fingerprint density at radius 3 is 2.77 bits per heavy atom. The van der Waals surface area contributed by atoms with E-state index in [2.05, 4.69) is 51.0 Å². The number of nitrogens with two attached hydrogens (primary N) is 1. The van der Waals surface area contributed by atoms with Crippen molar-refractivity contribution >= 4 is 44.9 Å². The van der Waals surface area contributed by atoms with Gasteiger partial charge in [-0.25, -0.2) is 4.98 Å². The van der Waals surface area contributed by atoms with Crippen molar-refractivity contribution in [2.45, 2.75) is 12.5 Å². The average Bonchev–Trinajstić information content (AvgIpc) is 3.35. The number of hydrogen-bond acceptors (Lipinski definition) is 5. The van der Waals surface area contributed by atoms with E-state index < -0.39 is 0 Å². The highest BCUT2D eigenvalue weighted by Crippen LogP contribution is 2.31. The molecule has 4 aromatic rings. The molecule has 4 N–H and O–H groups in total. The zero-order valence-electron chi connectivity index (χ0n) is 16.9. The Balaban J connectivity index is 1.57. The lowest BCUT2D eigenvalue weighted by atomic mass is 10.1. The van der Waals surface area contributed by atoms with Crippen LogP contribution in [0.3, 0.4) is 0 Å². The van der Waals surface area contributed by atoms with Crippen LogP contribution in [0.15, 0.2) is 41.2 Å². The van der Waals surface area contributed by atoms with E-state index in [0.29, 0.717) is 39.0 Å². The first-order valence-electron chi connectivity index (χ1n) is 9.93. The Bertz CT molecular complexity index is 1320. The fourth-order valence-corrected chi connectivity index (χ4v) is 4.41. The summed E-state index contributed by atoms with van der Waals surface area (Å²) in [4.78, 5) is 28.2. The Labute approximate surface area is 178 Å². The van der Waals surface area contributed by atoms with Gasteiger partial charge in [-0.1, -0.05) is 11.6 Å². The number of halogens is 1. The molecule has 1 fully saturated rings. The molecule has 1 saturated heterocycles. The van der Waals surface area contributed by atoms with E-state index in [1.54, 1.807) is 18.2 Å². The Kier molecular flexibility index (Phi) is 4.45. The minimum Gasteiger partial charge on any atom is -0.397 e. The van der Waals surface area contributed by atoms with Crippen LogP contribution in [0.1, 0.15) is 6.42 Å². The van der Waals surface area contributed by atoms with Gasteiger partial charge in [0.05, 0.1) is 22.2 Å². The van der Waals surface area contributed by atoms with Gasteiger partial charge in [0.15, 0.2) is 0 Å². The number of hydrogen-bond donors (Lipinski definition) is 3. The van der Waals surface area contributed by atoms with Gasteiger partial charge in [0.1, 0.15) is 11.4 Å². The molecule has 30 heavy (non-hydrogen) atoms. The van der Waals surface area contributed by atoms with Crippen LogP contribution in [-0.4, -0.2) is 53.1 Å². The van der Waals surface area contributed by atoms with E-state index in [4.69, 9.17) is 17.3 Å². The maximum Gasteiger partial charge on any atom is 0.261 e. The fourth-order valence-electron chi connectivity index (χ4n) is 4.24. The predicted molar refractivity (Wildman–Crippen MR) is 123 cm³/mol. The molecule has 154 valence electrons. The van der Waals surface area contributed by atoms with E-state index in [0.717, 1.165) is 36.2 Å². The number of fused-ring (bicyclic) bond motifs is 2. The van der Waals surface area contributed by atoms with Gasteiger partial charge in [0.2, 0.25) is 0 Å². The van der Waals surface area contributed by atoms with Crippen LogP contribution in [-0.2, 0) is 0 Å². The van der Waals surface area contributed by atoms with Crippen LogP contribution in [0.4, 0.5) is 11.4 Å². The summed E-state index contributed by atoms with van der Waals surface area (Å²) in [5, 5.41) is 1.26. The third-order valence-electron chi connectivity index (χ3n) is 5.98. The lowest BCUT2D eigenvalue weighted by Crippen LogP contribution is -2.31. The third-order valence-corrected chi connectivity index (χ3v) is 6.21. The summed E-state index contributed by atoms with van der Waals surface area (Å²) < 4.78 is 0. The molecule has 1 atom stereocenters. The van der Waals surface area contributed by atoms with Gasteiger partial charge < -0.3 is 25.5 Å². The number of aromatic amines is 2. The Morgan fingerprint density at radius 2 is 2.00 bits per heavy atom. The van der Waals surface area contributed by atoms with Crippen molar-refractivity contribution in [2.24, 2.45) is 0 Å². The topological polar surface area (TPSA) is 94.0 Å². The standard InChI is InChI=1S/C22H23ClN6O/c1-28(2)14-7-8-29(11-14)13-4-6-17-18(10-13)26-21(25-17)19-20(24)15-9-12(23)3-5-16(15)27-22(19)30/h3-6,9-10,14H,7-8,11H2,1-2H3,(H,25,26)(H3,24,27,30)/t14-/m0/s1. The maximum absolute atomic E-state index is 12.8. The lowest BCUT2D eigenvalue weighted by molar-refractivity contribution is 0.315. The zero-order chi connectivity index (χ0) is 21.0. The molecular weight excluding hydrogens is 400 g/mol. The Morgan fingerprint density at radius 1 is 1.17 bits per heavy atom. The number of benzene rings is 2. The van der Waals surface area contributed by atoms with Crippen molar-refractivity contribution in [3.63, 3.8) is 0 Å². The molecule has 3 heterocycles. The summed E-state index contributed by atoms with van der Waals surface area (Å²) in [5.74, 6) is 0.454. The molecule has 0 bridgehead atoms. The van der Waals surface area contributed by atoms with Crippen LogP contribution in [0.25, 0.3) is 33.3 Å². The molecule has 2 aromatic carbocycles. The number of nitrogen functional groups attached to an aromatic ring is 1. The second kappa shape index (κ2) is 7.04. The minimum atomic E-state index is -0.282. The minimum absolute atomic E-state index is 0.282. The van der Waals surface area contributed by atoms with E-state index in [-0.39, 0.29) is 5.56 Å². The van der Waals surface area contributed by atoms with Crippen molar-refractivity contribution < 1.29 is 0 Å². The van der Waals surface area contributed by atoms with E-state index >= 15 is 0 Å². The van der Waals surface area contributed by atoms with Gasteiger partial charge in [0, 0.05) is 35.2 Å². The van der Waals surface area contributed by atoms with E-state index in [1.807, 2.05) is 6.07 Å².